The van der Waals surface area contributed by atoms with Crippen LogP contribution in [0.2, 0.25) is 0 Å². The third-order valence-electron chi connectivity index (χ3n) is 25.7. The molecule has 7 amide bonds. The van der Waals surface area contributed by atoms with Gasteiger partial charge in [0.25, 0.3) is 0 Å². The summed E-state index contributed by atoms with van der Waals surface area (Å²) in [6.07, 6.45) is -106. The van der Waals surface area contributed by atoms with Crippen molar-refractivity contribution in [3.8, 4) is 0 Å². The summed E-state index contributed by atoms with van der Waals surface area (Å²) in [6, 6.07) is -13.8. The molecule has 11 rings (SSSR count). The molecule has 34 N–H and O–H groups in total. The topological polar surface area (TPSA) is 944 Å². The van der Waals surface area contributed by atoms with Crippen LogP contribution in [0.25, 0.3) is 0 Å². The summed E-state index contributed by atoms with van der Waals surface area (Å²) in [6.45, 7) is -4.24. The van der Waals surface area contributed by atoms with Gasteiger partial charge in [-0.05, 0) is 6.92 Å². The molecule has 11 fully saturated rings. The molecule has 0 saturated carbocycles. The minimum absolute atomic E-state index is 0.866. The fraction of sp³-hybridized carbons (Fsp3) is 0.912. The van der Waals surface area contributed by atoms with Crippen LogP contribution in [0.15, 0.2) is 0 Å². The van der Waals surface area contributed by atoms with Gasteiger partial charge in [0.15, 0.2) is 69.2 Å². The number of aliphatic hydroxyl groups excluding tert-OH is 27. The lowest BCUT2D eigenvalue weighted by molar-refractivity contribution is -0.412. The Hall–Kier alpha value is -5.63. The van der Waals surface area contributed by atoms with E-state index in [-0.39, 0.29) is 0 Å². The van der Waals surface area contributed by atoms with Crippen LogP contribution in [0, 0.1) is 0 Å². The van der Waals surface area contributed by atoms with E-state index in [9.17, 15) is 171 Å². The molecule has 142 heavy (non-hydrogen) atoms. The van der Waals surface area contributed by atoms with Gasteiger partial charge in [0.2, 0.25) is 41.4 Å². The summed E-state index contributed by atoms with van der Waals surface area (Å²) in [5, 5.41) is 327. The first-order valence-corrected chi connectivity index (χ1v) is 45.5. The molecule has 11 saturated heterocycles. The van der Waals surface area contributed by atoms with E-state index in [0.717, 1.165) is 48.5 Å². The Morgan fingerprint density at radius 3 is 0.838 bits per heavy atom. The number of nitrogens with one attached hydrogen (secondary N) is 7. The number of ether oxygens (including phenoxy) is 21. The number of aliphatic hydroxyl groups is 27. The van der Waals surface area contributed by atoms with Gasteiger partial charge in [0.1, 0.15) is 262 Å². The zero-order chi connectivity index (χ0) is 105. The maximum absolute atomic E-state index is 13.8. The highest BCUT2D eigenvalue weighted by atomic mass is 16.8. The van der Waals surface area contributed by atoms with Gasteiger partial charge in [-0.3, -0.25) is 33.6 Å². The van der Waals surface area contributed by atoms with Crippen LogP contribution in [-0.2, 0) is 133 Å². The molecule has 818 valence electrons. The first-order chi connectivity index (χ1) is 67.0. The Morgan fingerprint density at radius 1 is 0.197 bits per heavy atom. The SMILES string of the molecule is CC(=O)N[C@@H]1[C@@H](O)[C@H](O[C@@H]2O[C@H](CO)[C@@H](O[C@@H]3O[C@H](CO[C@H]4O[C@H](CO[C@@H]5O[C@H](CO)[C@@H](O)[C@H](O)[C@H]5NC(C)=O)[C@@H](O)[C@H](O)[C@@H]4O[C@@H]4O[C@H](CO)[C@@H](O)[C@H](O)[C@H]4NC(C)=O)[C@@H](O[C@@H]4O[C@H](CO)[C@@H](O)[C@H](O)[C@H]4NC(C)=O)[C@H](O[C@H]4O[C@H](CO)[C@@H](O[C@@H]5O[C@H](CO)[C@@H](O)[C@H](O)[C@H]5NC(C)=O)[C@H](O)[C@@H]4O[C@@H]4O[C@H](CO)[C@@H](O)[C@H](O)[C@H]4NC(C)=O)[C@@H]3O)[C@H](O)[C@H]2NC(C)=O)[C@@H](CO[C@H]2O[C@H](C)[C@H](O)[C@H](O)[C@H]2O)O[C@H]1O. The molecule has 11 aliphatic heterocycles. The number of rotatable bonds is 37. The standard InChI is InChI=1S/C80H133N7O55/c1-19-44(102)58(116)60(118)77(125-19)123-17-35-65(56(114)37(70(121)126-35)81-20(2)95)137-76-43(87-26(8)101)57(115)63(32(14-93)132-76)138-78-62(120)67(140-80-69(142-75-42(86-25(7)100)55(113)49(107)31(13-92)131-75)61(119)64(33(15-94)133-80)136-72-39(83-22(4)97)52(110)46(104)28(10-89)128-72)66(139-73-40(84-23(5)98)53(111)47(105)29(11-90)129-73)36(135-78)18-124-79-68(141-74-41(85-24(6)99)54(112)48(106)30(12-91)130-74)59(117)50(108)34(134-79)16-122-71-38(82-21(3)96)51(109)45(103)27(9-88)127-71/h19,27-80,88-94,102-121H,9-18H2,1-8H3,(H,81,95)(H,82,96)(H,83,97)(H,84,98)(H,85,99)(H,86,100)(H,87,101)/t19-,27-,28-,29-,30-,31-,32-,33-,34-,35-,36-,37-,38-,39-,40-,41-,42-,43-,44+,45-,46-,47-,48-,49-,50-,51-,52-,53-,54-,55-,56-,57-,58+,59+,60-,61+,62+,63-,64-,65-,66-,67-,68+,69+,70-,71-,72+,73+,74+,75+,76+,77+,78+,79+,80-/m1/s1. The quantitative estimate of drug-likeness (QED) is 0.0275. The Kier molecular flexibility index (Phi) is 42.1. The number of amides is 7. The molecule has 55 atom stereocenters. The molecule has 11 heterocycles. The Morgan fingerprint density at radius 2 is 0.451 bits per heavy atom. The largest absolute Gasteiger partial charge is 0.394 e. The van der Waals surface area contributed by atoms with Crippen molar-refractivity contribution >= 4 is 41.4 Å². The van der Waals surface area contributed by atoms with E-state index in [1.165, 1.54) is 6.92 Å². The van der Waals surface area contributed by atoms with Gasteiger partial charge < -0.3 is 275 Å². The molecule has 0 radical (unpaired) electrons. The molecule has 11 aliphatic rings. The van der Waals surface area contributed by atoms with Crippen molar-refractivity contribution in [2.24, 2.45) is 0 Å². The Bertz CT molecular complexity index is 4030. The number of hydrogen-bond acceptors (Lipinski definition) is 55. The third kappa shape index (κ3) is 26.7. The smallest absolute Gasteiger partial charge is 0.217 e. The second kappa shape index (κ2) is 51.3. The molecule has 0 aromatic rings. The average Bonchev–Trinajstić information content (AvgIpc) is 0.753. The van der Waals surface area contributed by atoms with Crippen LogP contribution in [0.4, 0.5) is 0 Å². The maximum Gasteiger partial charge on any atom is 0.217 e. The van der Waals surface area contributed by atoms with E-state index in [0.29, 0.717) is 0 Å². The van der Waals surface area contributed by atoms with Crippen LogP contribution in [0.1, 0.15) is 55.4 Å². The van der Waals surface area contributed by atoms with E-state index in [1.54, 1.807) is 0 Å². The van der Waals surface area contributed by atoms with Gasteiger partial charge in [0.05, 0.1) is 72.2 Å². The van der Waals surface area contributed by atoms with E-state index in [2.05, 4.69) is 37.2 Å². The zero-order valence-corrected chi connectivity index (χ0v) is 77.3. The van der Waals surface area contributed by atoms with Crippen LogP contribution in [-0.4, -0.2) is 583 Å². The molecule has 0 unspecified atom stereocenters. The van der Waals surface area contributed by atoms with Gasteiger partial charge >= 0.3 is 0 Å². The van der Waals surface area contributed by atoms with Gasteiger partial charge in [0, 0.05) is 48.5 Å². The summed E-state index contributed by atoms with van der Waals surface area (Å²) in [5.74, 6) is -6.81. The summed E-state index contributed by atoms with van der Waals surface area (Å²) < 4.78 is 130. The molecular weight excluding hydrogens is 1940 g/mol. The van der Waals surface area contributed by atoms with Crippen LogP contribution >= 0.6 is 0 Å². The van der Waals surface area contributed by atoms with Gasteiger partial charge in [-0.2, -0.15) is 0 Å². The Balaban J connectivity index is 1.08. The molecule has 62 nitrogen and oxygen atoms in total. The van der Waals surface area contributed by atoms with Gasteiger partial charge in [-0.1, -0.05) is 0 Å². The second-order valence-corrected chi connectivity index (χ2v) is 36.0. The minimum atomic E-state index is -2.90. The van der Waals surface area contributed by atoms with Crippen LogP contribution in [0.3, 0.4) is 0 Å². The predicted molar refractivity (Wildman–Crippen MR) is 442 cm³/mol. The second-order valence-electron chi connectivity index (χ2n) is 36.0. The average molecular weight is 2070 g/mol. The van der Waals surface area contributed by atoms with Crippen LogP contribution in [0.5, 0.6) is 0 Å². The molecule has 0 aromatic heterocycles. The lowest BCUT2D eigenvalue weighted by Gasteiger charge is -2.53. The van der Waals surface area contributed by atoms with E-state index >= 15 is 0 Å². The monoisotopic (exact) mass is 2070 g/mol. The minimum Gasteiger partial charge on any atom is -0.394 e. The molecular formula is C80H133N7O55. The fourth-order valence-electron chi connectivity index (χ4n) is 18.4. The first-order valence-electron chi connectivity index (χ1n) is 45.5. The van der Waals surface area contributed by atoms with Crippen molar-refractivity contribution in [1.29, 1.82) is 0 Å². The summed E-state index contributed by atoms with van der Waals surface area (Å²) >= 11 is 0. The van der Waals surface area contributed by atoms with Crippen molar-refractivity contribution < 1.29 is 271 Å². The van der Waals surface area contributed by atoms with Crippen molar-refractivity contribution in [1.82, 2.24) is 37.2 Å². The predicted octanol–water partition coefficient (Wildman–Crippen LogP) is -22.9. The lowest BCUT2D eigenvalue weighted by Crippen LogP contribution is -2.72. The highest BCUT2D eigenvalue weighted by Crippen LogP contribution is 2.43. The lowest BCUT2D eigenvalue weighted by atomic mass is 9.93. The van der Waals surface area contributed by atoms with Gasteiger partial charge in [-0.25, -0.2) is 0 Å². The van der Waals surface area contributed by atoms with Crippen LogP contribution < -0.4 is 37.2 Å². The van der Waals surface area contributed by atoms with Crippen molar-refractivity contribution in [3.63, 3.8) is 0 Å². The molecule has 0 bridgehead atoms. The maximum atomic E-state index is 13.8. The molecule has 0 aliphatic carbocycles. The van der Waals surface area contributed by atoms with Crippen molar-refractivity contribution in [2.75, 3.05) is 66.1 Å². The van der Waals surface area contributed by atoms with E-state index in [1.807, 2.05) is 0 Å². The number of carbonyl (C=O) groups excluding carboxylic acids is 7. The normalized spacial score (nSPS) is 47.5. The summed E-state index contributed by atoms with van der Waals surface area (Å²) in [5.41, 5.74) is 0. The highest BCUT2D eigenvalue weighted by molar-refractivity contribution is 5.75. The summed E-state index contributed by atoms with van der Waals surface area (Å²) in [4.78, 5) is 91.4. The number of carbonyl (C=O) groups is 7. The molecule has 62 heteroatoms. The Labute approximate surface area is 805 Å². The first kappa shape index (κ1) is 117. The zero-order valence-electron chi connectivity index (χ0n) is 77.3. The molecule has 0 spiro atoms. The van der Waals surface area contributed by atoms with Crippen molar-refractivity contribution in [2.45, 2.75) is 393 Å². The van der Waals surface area contributed by atoms with Crippen molar-refractivity contribution in [3.05, 3.63) is 0 Å². The fourth-order valence-corrected chi connectivity index (χ4v) is 18.4. The molecule has 0 aromatic carbocycles. The van der Waals surface area contributed by atoms with Gasteiger partial charge in [-0.15, -0.1) is 0 Å². The highest BCUT2D eigenvalue weighted by Gasteiger charge is 2.64. The van der Waals surface area contributed by atoms with E-state index in [4.69, 9.17) is 99.5 Å². The number of hydrogen-bond donors (Lipinski definition) is 34. The third-order valence-corrected chi connectivity index (χ3v) is 25.7. The van der Waals surface area contributed by atoms with E-state index < -0.39 is 445 Å². The summed E-state index contributed by atoms with van der Waals surface area (Å²) in [7, 11) is 0.